The molecule has 0 bridgehead atoms. The van der Waals surface area contributed by atoms with E-state index in [9.17, 15) is 0 Å². The van der Waals surface area contributed by atoms with Gasteiger partial charge in [0.1, 0.15) is 0 Å². The molecule has 27 heavy (non-hydrogen) atoms. The highest BCUT2D eigenvalue weighted by Crippen LogP contribution is 2.14. The molecule has 4 heteroatoms. The van der Waals surface area contributed by atoms with E-state index in [1.54, 1.807) is 0 Å². The number of hydrogen-bond acceptors (Lipinski definition) is 4. The minimum absolute atomic E-state index is 0.925. The Morgan fingerprint density at radius 3 is 2.30 bits per heavy atom. The first-order valence-electron chi connectivity index (χ1n) is 9.92. The molecular formula is C23H32N4. The van der Waals surface area contributed by atoms with Crippen molar-refractivity contribution in [3.63, 3.8) is 0 Å². The van der Waals surface area contributed by atoms with Crippen molar-refractivity contribution < 1.29 is 0 Å². The van der Waals surface area contributed by atoms with Gasteiger partial charge in [0.05, 0.1) is 5.82 Å². The Morgan fingerprint density at radius 2 is 1.56 bits per heavy atom. The number of rotatable bonds is 8. The summed E-state index contributed by atoms with van der Waals surface area (Å²) in [7, 11) is 2.05. The predicted octanol–water partition coefficient (Wildman–Crippen LogP) is 3.39. The van der Waals surface area contributed by atoms with Crippen LogP contribution in [0.25, 0.3) is 0 Å². The molecule has 3 rings (SSSR count). The summed E-state index contributed by atoms with van der Waals surface area (Å²) in [6.07, 6.45) is 1.23. The highest BCUT2D eigenvalue weighted by atomic mass is 15.2. The Morgan fingerprint density at radius 1 is 0.926 bits per heavy atom. The van der Waals surface area contributed by atoms with Gasteiger partial charge in [0.2, 0.25) is 0 Å². The molecule has 1 heterocycles. The SMILES string of the molecule is C=C(NCCN1CCCN(Cc2ccccc2)CC1)N(C)c1ccccc1. The first-order valence-corrected chi connectivity index (χ1v) is 9.92. The normalized spacial score (nSPS) is 15.9. The van der Waals surface area contributed by atoms with E-state index < -0.39 is 0 Å². The van der Waals surface area contributed by atoms with Crippen LogP contribution in [-0.4, -0.2) is 56.1 Å². The highest BCUT2D eigenvalue weighted by molar-refractivity contribution is 5.49. The van der Waals surface area contributed by atoms with Crippen molar-refractivity contribution in [1.29, 1.82) is 0 Å². The van der Waals surface area contributed by atoms with Gasteiger partial charge in [-0.05, 0) is 37.2 Å². The first-order chi connectivity index (χ1) is 13.2. The Balaban J connectivity index is 1.38. The van der Waals surface area contributed by atoms with Crippen molar-refractivity contribution in [2.75, 3.05) is 51.2 Å². The average molecular weight is 365 g/mol. The highest BCUT2D eigenvalue weighted by Gasteiger charge is 2.15. The van der Waals surface area contributed by atoms with Gasteiger partial charge in [0.25, 0.3) is 0 Å². The van der Waals surface area contributed by atoms with Crippen molar-refractivity contribution in [2.45, 2.75) is 13.0 Å². The van der Waals surface area contributed by atoms with Gasteiger partial charge >= 0.3 is 0 Å². The average Bonchev–Trinajstić information content (AvgIpc) is 2.94. The third kappa shape index (κ3) is 6.12. The van der Waals surface area contributed by atoms with Gasteiger partial charge in [-0.1, -0.05) is 55.1 Å². The number of benzene rings is 2. The molecule has 2 aromatic rings. The number of hydrogen-bond donors (Lipinski definition) is 1. The number of nitrogens with one attached hydrogen (secondary N) is 1. The maximum Gasteiger partial charge on any atom is 0.0981 e. The predicted molar refractivity (Wildman–Crippen MR) is 115 cm³/mol. The van der Waals surface area contributed by atoms with Gasteiger partial charge in [0.15, 0.2) is 0 Å². The van der Waals surface area contributed by atoms with Crippen LogP contribution >= 0.6 is 0 Å². The van der Waals surface area contributed by atoms with Crippen LogP contribution in [0.1, 0.15) is 12.0 Å². The number of nitrogens with zero attached hydrogens (tertiary/aromatic N) is 3. The molecule has 0 aromatic heterocycles. The van der Waals surface area contributed by atoms with Crippen LogP contribution in [0.2, 0.25) is 0 Å². The lowest BCUT2D eigenvalue weighted by atomic mass is 10.2. The van der Waals surface area contributed by atoms with Gasteiger partial charge in [-0.3, -0.25) is 4.90 Å². The minimum Gasteiger partial charge on any atom is -0.371 e. The molecule has 4 nitrogen and oxygen atoms in total. The van der Waals surface area contributed by atoms with E-state index in [1.807, 2.05) is 6.07 Å². The van der Waals surface area contributed by atoms with Gasteiger partial charge < -0.3 is 15.1 Å². The van der Waals surface area contributed by atoms with E-state index in [-0.39, 0.29) is 0 Å². The molecule has 1 N–H and O–H groups in total. The van der Waals surface area contributed by atoms with Crippen LogP contribution in [0.5, 0.6) is 0 Å². The smallest absolute Gasteiger partial charge is 0.0981 e. The molecule has 0 aliphatic carbocycles. The van der Waals surface area contributed by atoms with E-state index in [2.05, 4.69) is 88.2 Å². The summed E-state index contributed by atoms with van der Waals surface area (Å²) in [5.74, 6) is 0.946. The van der Waals surface area contributed by atoms with Gasteiger partial charge in [0, 0.05) is 45.5 Å². The molecule has 0 amide bonds. The van der Waals surface area contributed by atoms with Crippen LogP contribution in [0.3, 0.4) is 0 Å². The number of para-hydroxylation sites is 1. The maximum absolute atomic E-state index is 4.18. The summed E-state index contributed by atoms with van der Waals surface area (Å²) in [4.78, 5) is 7.24. The summed E-state index contributed by atoms with van der Waals surface area (Å²) in [6, 6.07) is 21.1. The molecule has 144 valence electrons. The zero-order chi connectivity index (χ0) is 18.9. The third-order valence-corrected chi connectivity index (χ3v) is 5.24. The lowest BCUT2D eigenvalue weighted by Gasteiger charge is -2.25. The van der Waals surface area contributed by atoms with Crippen molar-refractivity contribution in [1.82, 2.24) is 15.1 Å². The van der Waals surface area contributed by atoms with Crippen LogP contribution in [0.15, 0.2) is 73.1 Å². The first kappa shape index (κ1) is 19.5. The summed E-state index contributed by atoms with van der Waals surface area (Å²) in [5, 5.41) is 3.48. The molecule has 1 fully saturated rings. The van der Waals surface area contributed by atoms with Crippen molar-refractivity contribution in [3.8, 4) is 0 Å². The molecular weight excluding hydrogens is 332 g/mol. The molecule has 1 aliphatic rings. The van der Waals surface area contributed by atoms with Crippen LogP contribution in [0, 0.1) is 0 Å². The Hall–Kier alpha value is -2.30. The van der Waals surface area contributed by atoms with E-state index in [4.69, 9.17) is 0 Å². The maximum atomic E-state index is 4.18. The van der Waals surface area contributed by atoms with E-state index in [0.29, 0.717) is 0 Å². The summed E-state index contributed by atoms with van der Waals surface area (Å²) in [5.41, 5.74) is 2.56. The molecule has 0 unspecified atom stereocenters. The molecule has 1 aliphatic heterocycles. The fourth-order valence-corrected chi connectivity index (χ4v) is 3.53. The molecule has 0 saturated carbocycles. The van der Waals surface area contributed by atoms with Crippen LogP contribution in [0.4, 0.5) is 5.69 Å². The van der Waals surface area contributed by atoms with Gasteiger partial charge in [-0.15, -0.1) is 0 Å². The Bertz CT molecular complexity index is 686. The quantitative estimate of drug-likeness (QED) is 0.775. The largest absolute Gasteiger partial charge is 0.371 e. The van der Waals surface area contributed by atoms with Crippen molar-refractivity contribution in [2.24, 2.45) is 0 Å². The van der Waals surface area contributed by atoms with Gasteiger partial charge in [-0.25, -0.2) is 0 Å². The minimum atomic E-state index is 0.925. The van der Waals surface area contributed by atoms with Crippen LogP contribution < -0.4 is 10.2 Å². The topological polar surface area (TPSA) is 21.8 Å². The Kier molecular flexibility index (Phi) is 7.31. The van der Waals surface area contributed by atoms with E-state index in [1.165, 1.54) is 25.1 Å². The lowest BCUT2D eigenvalue weighted by Crippen LogP contribution is -2.37. The zero-order valence-electron chi connectivity index (χ0n) is 16.5. The second-order valence-corrected chi connectivity index (χ2v) is 7.22. The second kappa shape index (κ2) is 10.1. The zero-order valence-corrected chi connectivity index (χ0v) is 16.5. The number of anilines is 1. The van der Waals surface area contributed by atoms with E-state index >= 15 is 0 Å². The fourth-order valence-electron chi connectivity index (χ4n) is 3.53. The van der Waals surface area contributed by atoms with E-state index in [0.717, 1.165) is 44.2 Å². The molecule has 0 atom stereocenters. The van der Waals surface area contributed by atoms with Crippen molar-refractivity contribution in [3.05, 3.63) is 78.6 Å². The molecule has 2 aromatic carbocycles. The third-order valence-electron chi connectivity index (χ3n) is 5.24. The lowest BCUT2D eigenvalue weighted by molar-refractivity contribution is 0.252. The molecule has 0 spiro atoms. The molecule has 0 radical (unpaired) electrons. The molecule has 1 saturated heterocycles. The van der Waals surface area contributed by atoms with Crippen molar-refractivity contribution >= 4 is 5.69 Å². The summed E-state index contributed by atoms with van der Waals surface area (Å²) >= 11 is 0. The fraction of sp³-hybridized carbons (Fsp3) is 0.391. The Labute approximate surface area is 164 Å². The summed E-state index contributed by atoms with van der Waals surface area (Å²) in [6.45, 7) is 11.9. The standard InChI is InChI=1S/C23H32N4/c1-21(25(2)23-12-7-4-8-13-23)24-14-17-26-15-9-16-27(19-18-26)20-22-10-5-3-6-11-22/h3-8,10-13,24H,1,9,14-20H2,2H3. The summed E-state index contributed by atoms with van der Waals surface area (Å²) < 4.78 is 0. The second-order valence-electron chi connectivity index (χ2n) is 7.22. The van der Waals surface area contributed by atoms with Crippen LogP contribution in [-0.2, 0) is 6.54 Å². The van der Waals surface area contributed by atoms with Gasteiger partial charge in [-0.2, -0.15) is 0 Å². The monoisotopic (exact) mass is 364 g/mol.